The number of rotatable bonds is 6. The van der Waals surface area contributed by atoms with E-state index in [9.17, 15) is 14.4 Å². The number of methoxy groups -OCH3 is 1. The zero-order chi connectivity index (χ0) is 19.9. The summed E-state index contributed by atoms with van der Waals surface area (Å²) < 4.78 is 10.2. The Labute approximate surface area is 164 Å². The second kappa shape index (κ2) is 9.54. The monoisotopic (exact) mass is 389 g/mol. The topological polar surface area (TPSA) is 97.0 Å². The van der Waals surface area contributed by atoms with Crippen LogP contribution in [-0.2, 0) is 20.7 Å². The normalized spacial score (nSPS) is 19.9. The van der Waals surface area contributed by atoms with Crippen LogP contribution in [0.15, 0.2) is 24.3 Å². The number of likely N-dealkylation sites (tertiary alicyclic amines) is 1. The molecule has 0 radical (unpaired) electrons. The Hall–Kier alpha value is -2.61. The third-order valence-corrected chi connectivity index (χ3v) is 5.11. The number of nitrogens with one attached hydrogen (secondary N) is 2. The summed E-state index contributed by atoms with van der Waals surface area (Å²) in [5.74, 6) is -0.227. The average Bonchev–Trinajstić information content (AvgIpc) is 3.42. The second-order valence-corrected chi connectivity index (χ2v) is 7.14. The summed E-state index contributed by atoms with van der Waals surface area (Å²) in [6.45, 7) is 2.26. The van der Waals surface area contributed by atoms with Crippen molar-refractivity contribution >= 4 is 18.0 Å². The molecule has 28 heavy (non-hydrogen) atoms. The number of hydrogen-bond donors (Lipinski definition) is 2. The quantitative estimate of drug-likeness (QED) is 0.711. The molecule has 1 aromatic rings. The van der Waals surface area contributed by atoms with E-state index in [4.69, 9.17) is 9.47 Å². The van der Waals surface area contributed by atoms with E-state index in [1.807, 2.05) is 0 Å². The largest absolute Gasteiger partial charge is 0.467 e. The van der Waals surface area contributed by atoms with Crippen molar-refractivity contribution < 1.29 is 23.9 Å². The molecule has 2 fully saturated rings. The first-order chi connectivity index (χ1) is 13.6. The SMILES string of the molecule is COC(=O)C(Cc1ccc(OC(=O)N2CCCC2)cc1)NC(=O)C1CCCN1. The molecular weight excluding hydrogens is 362 g/mol. The van der Waals surface area contributed by atoms with Crippen LogP contribution in [0, 0.1) is 0 Å². The van der Waals surface area contributed by atoms with Gasteiger partial charge in [-0.15, -0.1) is 0 Å². The van der Waals surface area contributed by atoms with Crippen LogP contribution in [0.1, 0.15) is 31.2 Å². The lowest BCUT2D eigenvalue weighted by Crippen LogP contribution is -2.49. The Morgan fingerprint density at radius 3 is 2.50 bits per heavy atom. The minimum atomic E-state index is -0.766. The Morgan fingerprint density at radius 1 is 1.18 bits per heavy atom. The molecule has 2 aliphatic heterocycles. The molecule has 2 unspecified atom stereocenters. The van der Waals surface area contributed by atoms with E-state index in [-0.39, 0.29) is 18.0 Å². The van der Waals surface area contributed by atoms with E-state index >= 15 is 0 Å². The number of ether oxygens (including phenoxy) is 2. The smallest absolute Gasteiger partial charge is 0.415 e. The number of carbonyl (C=O) groups is 3. The fourth-order valence-electron chi connectivity index (χ4n) is 3.51. The van der Waals surface area contributed by atoms with Crippen molar-refractivity contribution in [2.75, 3.05) is 26.7 Å². The van der Waals surface area contributed by atoms with Crippen molar-refractivity contribution in [1.29, 1.82) is 0 Å². The number of carbonyl (C=O) groups excluding carboxylic acids is 3. The molecule has 2 aliphatic rings. The lowest BCUT2D eigenvalue weighted by atomic mass is 10.0. The number of amides is 2. The van der Waals surface area contributed by atoms with Gasteiger partial charge in [0.1, 0.15) is 11.8 Å². The molecule has 0 aliphatic carbocycles. The Morgan fingerprint density at radius 2 is 1.89 bits per heavy atom. The molecule has 2 amide bonds. The summed E-state index contributed by atoms with van der Waals surface area (Å²) in [5, 5.41) is 5.89. The van der Waals surface area contributed by atoms with Crippen LogP contribution >= 0.6 is 0 Å². The highest BCUT2D eigenvalue weighted by Gasteiger charge is 2.28. The van der Waals surface area contributed by atoms with E-state index in [0.29, 0.717) is 12.2 Å². The van der Waals surface area contributed by atoms with Gasteiger partial charge in [-0.1, -0.05) is 12.1 Å². The van der Waals surface area contributed by atoms with E-state index in [1.165, 1.54) is 7.11 Å². The number of hydrogen-bond acceptors (Lipinski definition) is 6. The zero-order valence-corrected chi connectivity index (χ0v) is 16.1. The molecule has 0 aromatic heterocycles. The van der Waals surface area contributed by atoms with Gasteiger partial charge in [-0.3, -0.25) is 4.79 Å². The van der Waals surface area contributed by atoms with Crippen LogP contribution in [0.25, 0.3) is 0 Å². The summed E-state index contributed by atoms with van der Waals surface area (Å²) in [7, 11) is 1.30. The molecule has 0 saturated carbocycles. The van der Waals surface area contributed by atoms with Crippen molar-refractivity contribution in [3.8, 4) is 5.75 Å². The van der Waals surface area contributed by atoms with Crippen LogP contribution < -0.4 is 15.4 Å². The number of nitrogens with zero attached hydrogens (tertiary/aromatic N) is 1. The van der Waals surface area contributed by atoms with Gasteiger partial charge in [0.2, 0.25) is 5.91 Å². The Balaban J connectivity index is 1.58. The van der Waals surface area contributed by atoms with Gasteiger partial charge in [0, 0.05) is 19.5 Å². The molecule has 2 atom stereocenters. The predicted octanol–water partition coefficient (Wildman–Crippen LogP) is 1.23. The van der Waals surface area contributed by atoms with E-state index in [2.05, 4.69) is 10.6 Å². The fraction of sp³-hybridized carbons (Fsp3) is 0.550. The molecule has 0 bridgehead atoms. The van der Waals surface area contributed by atoms with Crippen LogP contribution in [0.5, 0.6) is 5.75 Å². The first-order valence-corrected chi connectivity index (χ1v) is 9.74. The minimum Gasteiger partial charge on any atom is -0.467 e. The summed E-state index contributed by atoms with van der Waals surface area (Å²) in [4.78, 5) is 38.1. The maximum atomic E-state index is 12.3. The number of esters is 1. The number of benzene rings is 1. The molecule has 152 valence electrons. The lowest BCUT2D eigenvalue weighted by Gasteiger charge is -2.19. The Kier molecular flexibility index (Phi) is 6.86. The van der Waals surface area contributed by atoms with E-state index < -0.39 is 12.0 Å². The van der Waals surface area contributed by atoms with Crippen molar-refractivity contribution in [3.63, 3.8) is 0 Å². The summed E-state index contributed by atoms with van der Waals surface area (Å²) >= 11 is 0. The summed E-state index contributed by atoms with van der Waals surface area (Å²) in [6, 6.07) is 5.92. The fourth-order valence-corrected chi connectivity index (χ4v) is 3.51. The highest BCUT2D eigenvalue weighted by atomic mass is 16.6. The van der Waals surface area contributed by atoms with Crippen LogP contribution in [0.2, 0.25) is 0 Å². The summed E-state index contributed by atoms with van der Waals surface area (Å²) in [6.07, 6.45) is 3.67. The van der Waals surface area contributed by atoms with Crippen LogP contribution in [0.3, 0.4) is 0 Å². The first kappa shape index (κ1) is 20.1. The van der Waals surface area contributed by atoms with Gasteiger partial charge < -0.3 is 25.0 Å². The standard InChI is InChI=1S/C20H27N3O5/c1-27-19(25)17(22-18(24)16-5-4-10-21-16)13-14-6-8-15(9-7-14)28-20(26)23-11-2-3-12-23/h6-9,16-17,21H,2-5,10-13H2,1H3,(H,22,24). The lowest BCUT2D eigenvalue weighted by molar-refractivity contribution is -0.145. The summed E-state index contributed by atoms with van der Waals surface area (Å²) in [5.41, 5.74) is 0.830. The molecule has 3 rings (SSSR count). The predicted molar refractivity (Wildman–Crippen MR) is 102 cm³/mol. The van der Waals surface area contributed by atoms with Gasteiger partial charge in [-0.2, -0.15) is 0 Å². The highest BCUT2D eigenvalue weighted by molar-refractivity contribution is 5.87. The molecule has 2 heterocycles. The van der Waals surface area contributed by atoms with Crippen molar-refractivity contribution in [1.82, 2.24) is 15.5 Å². The molecule has 2 N–H and O–H groups in total. The van der Waals surface area contributed by atoms with Gasteiger partial charge in [-0.25, -0.2) is 9.59 Å². The zero-order valence-electron chi connectivity index (χ0n) is 16.1. The van der Waals surface area contributed by atoms with Gasteiger partial charge in [0.25, 0.3) is 0 Å². The third-order valence-electron chi connectivity index (χ3n) is 5.11. The van der Waals surface area contributed by atoms with E-state index in [0.717, 1.165) is 50.9 Å². The third kappa shape index (κ3) is 5.22. The highest BCUT2D eigenvalue weighted by Crippen LogP contribution is 2.17. The maximum Gasteiger partial charge on any atom is 0.415 e. The minimum absolute atomic E-state index is 0.191. The van der Waals surface area contributed by atoms with Crippen LogP contribution in [-0.4, -0.2) is 61.7 Å². The van der Waals surface area contributed by atoms with Gasteiger partial charge in [-0.05, 0) is 49.9 Å². The van der Waals surface area contributed by atoms with Crippen molar-refractivity contribution in [2.24, 2.45) is 0 Å². The molecule has 8 heteroatoms. The van der Waals surface area contributed by atoms with Crippen LogP contribution in [0.4, 0.5) is 4.79 Å². The van der Waals surface area contributed by atoms with E-state index in [1.54, 1.807) is 29.2 Å². The first-order valence-electron chi connectivity index (χ1n) is 9.74. The van der Waals surface area contributed by atoms with Gasteiger partial charge >= 0.3 is 12.1 Å². The Bertz CT molecular complexity index is 694. The van der Waals surface area contributed by atoms with Gasteiger partial charge in [0.15, 0.2) is 0 Å². The molecule has 8 nitrogen and oxygen atoms in total. The van der Waals surface area contributed by atoms with Crippen molar-refractivity contribution in [2.45, 2.75) is 44.2 Å². The second-order valence-electron chi connectivity index (χ2n) is 7.14. The molecule has 1 aromatic carbocycles. The molecule has 2 saturated heterocycles. The van der Waals surface area contributed by atoms with Crippen molar-refractivity contribution in [3.05, 3.63) is 29.8 Å². The average molecular weight is 389 g/mol. The molecule has 0 spiro atoms. The van der Waals surface area contributed by atoms with Gasteiger partial charge in [0.05, 0.1) is 13.2 Å². The maximum absolute atomic E-state index is 12.3. The molecular formula is C20H27N3O5.